The fourth-order valence-electron chi connectivity index (χ4n) is 1.45. The monoisotopic (exact) mass is 307 g/mol. The van der Waals surface area contributed by atoms with E-state index >= 15 is 0 Å². The standard InChI is InChI=1S/C12H16BrF2NO/c1-7(2)11(6-17-3)16-12-9(13)4-8(14)5-10(12)15/h4-5,7,11,16H,6H2,1-3H3. The smallest absolute Gasteiger partial charge is 0.150 e. The van der Waals surface area contributed by atoms with E-state index in [4.69, 9.17) is 4.74 Å². The fraction of sp³-hybridized carbons (Fsp3) is 0.500. The highest BCUT2D eigenvalue weighted by atomic mass is 79.9. The zero-order valence-corrected chi connectivity index (χ0v) is 11.6. The summed E-state index contributed by atoms with van der Waals surface area (Å²) in [5.41, 5.74) is 0.266. The van der Waals surface area contributed by atoms with Gasteiger partial charge in [-0.05, 0) is 27.9 Å². The predicted octanol–water partition coefficient (Wildman–Crippen LogP) is 3.81. The van der Waals surface area contributed by atoms with Gasteiger partial charge in [-0.15, -0.1) is 0 Å². The number of hydrogen-bond acceptors (Lipinski definition) is 2. The molecule has 0 amide bonds. The molecule has 1 rings (SSSR count). The third-order valence-electron chi connectivity index (χ3n) is 2.49. The Morgan fingerprint density at radius 3 is 2.47 bits per heavy atom. The van der Waals surface area contributed by atoms with E-state index in [-0.39, 0.29) is 17.6 Å². The lowest BCUT2D eigenvalue weighted by Crippen LogP contribution is -2.31. The molecule has 0 aliphatic rings. The van der Waals surface area contributed by atoms with Crippen molar-refractivity contribution < 1.29 is 13.5 Å². The van der Waals surface area contributed by atoms with Crippen molar-refractivity contribution in [2.45, 2.75) is 19.9 Å². The predicted molar refractivity (Wildman–Crippen MR) is 68.2 cm³/mol. The summed E-state index contributed by atoms with van der Waals surface area (Å²) in [5.74, 6) is -0.947. The van der Waals surface area contributed by atoms with Crippen LogP contribution in [0.1, 0.15) is 13.8 Å². The first kappa shape index (κ1) is 14.4. The highest BCUT2D eigenvalue weighted by molar-refractivity contribution is 9.10. The van der Waals surface area contributed by atoms with E-state index in [1.807, 2.05) is 13.8 Å². The van der Waals surface area contributed by atoms with Crippen LogP contribution in [-0.2, 0) is 4.74 Å². The molecule has 2 nitrogen and oxygen atoms in total. The third kappa shape index (κ3) is 3.92. The summed E-state index contributed by atoms with van der Waals surface area (Å²) in [7, 11) is 1.59. The van der Waals surface area contributed by atoms with Gasteiger partial charge >= 0.3 is 0 Å². The Bertz CT molecular complexity index is 362. The van der Waals surface area contributed by atoms with Crippen LogP contribution in [0.2, 0.25) is 0 Å². The van der Waals surface area contributed by atoms with Crippen molar-refractivity contribution in [3.63, 3.8) is 0 Å². The number of hydrogen-bond donors (Lipinski definition) is 1. The molecule has 1 unspecified atom stereocenters. The lowest BCUT2D eigenvalue weighted by Gasteiger charge is -2.23. The zero-order chi connectivity index (χ0) is 13.0. The van der Waals surface area contributed by atoms with Crippen molar-refractivity contribution >= 4 is 21.6 Å². The summed E-state index contributed by atoms with van der Waals surface area (Å²) in [6.45, 7) is 4.47. The van der Waals surface area contributed by atoms with Crippen LogP contribution in [0.3, 0.4) is 0 Å². The SMILES string of the molecule is COCC(Nc1c(F)cc(F)cc1Br)C(C)C. The number of nitrogens with one attached hydrogen (secondary N) is 1. The topological polar surface area (TPSA) is 21.3 Å². The van der Waals surface area contributed by atoms with Crippen molar-refractivity contribution in [1.29, 1.82) is 0 Å². The second-order valence-corrected chi connectivity index (χ2v) is 5.05. The molecule has 1 aromatic carbocycles. The van der Waals surface area contributed by atoms with Gasteiger partial charge < -0.3 is 10.1 Å². The summed E-state index contributed by atoms with van der Waals surface area (Å²) < 4.78 is 32.0. The van der Waals surface area contributed by atoms with Gasteiger partial charge in [0.15, 0.2) is 0 Å². The van der Waals surface area contributed by atoms with Gasteiger partial charge in [0, 0.05) is 17.6 Å². The van der Waals surface area contributed by atoms with E-state index in [2.05, 4.69) is 21.2 Å². The van der Waals surface area contributed by atoms with Crippen molar-refractivity contribution in [2.75, 3.05) is 19.0 Å². The van der Waals surface area contributed by atoms with Crippen LogP contribution >= 0.6 is 15.9 Å². The van der Waals surface area contributed by atoms with E-state index in [0.29, 0.717) is 11.1 Å². The van der Waals surface area contributed by atoms with Gasteiger partial charge in [0.1, 0.15) is 11.6 Å². The highest BCUT2D eigenvalue weighted by Gasteiger charge is 2.17. The Balaban J connectivity index is 2.93. The quantitative estimate of drug-likeness (QED) is 0.893. The number of ether oxygens (including phenoxy) is 1. The minimum absolute atomic E-state index is 0.0312. The van der Waals surface area contributed by atoms with Crippen LogP contribution in [0.4, 0.5) is 14.5 Å². The Kier molecular flexibility index (Phi) is 5.33. The second kappa shape index (κ2) is 6.31. The minimum atomic E-state index is -0.612. The van der Waals surface area contributed by atoms with Gasteiger partial charge in [0.05, 0.1) is 18.3 Å². The van der Waals surface area contributed by atoms with Crippen molar-refractivity contribution in [3.05, 3.63) is 28.2 Å². The average Bonchev–Trinajstić information content (AvgIpc) is 2.21. The molecule has 1 atom stereocenters. The Morgan fingerprint density at radius 2 is 2.00 bits per heavy atom. The van der Waals surface area contributed by atoms with E-state index in [9.17, 15) is 8.78 Å². The molecule has 1 aromatic rings. The maximum absolute atomic E-state index is 13.6. The molecule has 96 valence electrons. The van der Waals surface area contributed by atoms with Crippen LogP contribution in [0, 0.1) is 17.6 Å². The molecule has 0 aromatic heterocycles. The van der Waals surface area contributed by atoms with Gasteiger partial charge in [0.25, 0.3) is 0 Å². The largest absolute Gasteiger partial charge is 0.383 e. The summed E-state index contributed by atoms with van der Waals surface area (Å²) in [6.07, 6.45) is 0. The second-order valence-electron chi connectivity index (χ2n) is 4.19. The Labute approximate surface area is 108 Å². The molecule has 0 heterocycles. The molecule has 1 N–H and O–H groups in total. The van der Waals surface area contributed by atoms with Gasteiger partial charge in [-0.25, -0.2) is 8.78 Å². The summed E-state index contributed by atoms with van der Waals surface area (Å²) in [5, 5.41) is 3.03. The van der Waals surface area contributed by atoms with Crippen LogP contribution < -0.4 is 5.32 Å². The number of methoxy groups -OCH3 is 1. The number of benzene rings is 1. The molecule has 0 fully saturated rings. The average molecular weight is 308 g/mol. The molecule has 0 spiro atoms. The molecule has 0 bridgehead atoms. The lowest BCUT2D eigenvalue weighted by atomic mass is 10.0. The first-order valence-corrected chi connectivity index (χ1v) is 6.15. The molecule has 0 aliphatic carbocycles. The highest BCUT2D eigenvalue weighted by Crippen LogP contribution is 2.28. The summed E-state index contributed by atoms with van der Waals surface area (Å²) in [4.78, 5) is 0. The summed E-state index contributed by atoms with van der Waals surface area (Å²) >= 11 is 3.14. The molecule has 0 saturated heterocycles. The van der Waals surface area contributed by atoms with Gasteiger partial charge in [-0.2, -0.15) is 0 Å². The zero-order valence-electron chi connectivity index (χ0n) is 10.1. The molecular formula is C12H16BrF2NO. The van der Waals surface area contributed by atoms with Gasteiger partial charge in [0.2, 0.25) is 0 Å². The first-order chi connectivity index (χ1) is 7.95. The van der Waals surface area contributed by atoms with E-state index < -0.39 is 11.6 Å². The molecule has 0 saturated carbocycles. The number of rotatable bonds is 5. The van der Waals surface area contributed by atoms with Crippen LogP contribution in [0.5, 0.6) is 0 Å². The number of anilines is 1. The van der Waals surface area contributed by atoms with Crippen LogP contribution in [0.25, 0.3) is 0 Å². The lowest BCUT2D eigenvalue weighted by molar-refractivity contribution is 0.171. The summed E-state index contributed by atoms with van der Waals surface area (Å²) in [6, 6.07) is 2.06. The maximum atomic E-state index is 13.6. The van der Waals surface area contributed by atoms with Gasteiger partial charge in [-0.1, -0.05) is 13.8 Å². The normalized spacial score (nSPS) is 12.9. The van der Waals surface area contributed by atoms with E-state index in [0.717, 1.165) is 6.07 Å². The minimum Gasteiger partial charge on any atom is -0.383 e. The maximum Gasteiger partial charge on any atom is 0.150 e. The van der Waals surface area contributed by atoms with E-state index in [1.54, 1.807) is 7.11 Å². The van der Waals surface area contributed by atoms with Gasteiger partial charge in [-0.3, -0.25) is 0 Å². The third-order valence-corrected chi connectivity index (χ3v) is 3.11. The molecule has 0 radical (unpaired) electrons. The Morgan fingerprint density at radius 1 is 1.35 bits per heavy atom. The van der Waals surface area contributed by atoms with Crippen molar-refractivity contribution in [1.82, 2.24) is 0 Å². The molecule has 17 heavy (non-hydrogen) atoms. The van der Waals surface area contributed by atoms with Crippen molar-refractivity contribution in [2.24, 2.45) is 5.92 Å². The fourth-order valence-corrected chi connectivity index (χ4v) is 1.97. The van der Waals surface area contributed by atoms with Crippen LogP contribution in [-0.4, -0.2) is 19.8 Å². The van der Waals surface area contributed by atoms with Crippen molar-refractivity contribution in [3.8, 4) is 0 Å². The molecular weight excluding hydrogens is 292 g/mol. The van der Waals surface area contributed by atoms with Crippen LogP contribution in [0.15, 0.2) is 16.6 Å². The number of halogens is 3. The Hall–Kier alpha value is -0.680. The molecule has 5 heteroatoms. The first-order valence-electron chi connectivity index (χ1n) is 5.35. The van der Waals surface area contributed by atoms with E-state index in [1.165, 1.54) is 6.07 Å². The molecule has 0 aliphatic heterocycles.